The smallest absolute Gasteiger partial charge is 0.307 e. The molecule has 0 unspecified atom stereocenters. The summed E-state index contributed by atoms with van der Waals surface area (Å²) in [6.45, 7) is 5.75. The largest absolute Gasteiger partial charge is 0.481 e. The summed E-state index contributed by atoms with van der Waals surface area (Å²) in [6.07, 6.45) is -0.0679. The van der Waals surface area contributed by atoms with Crippen LogP contribution in [-0.4, -0.2) is 26.8 Å². The van der Waals surface area contributed by atoms with Crippen molar-refractivity contribution in [3.05, 3.63) is 35.4 Å². The first kappa shape index (κ1) is 16.5. The third-order valence-electron chi connectivity index (χ3n) is 3.39. The highest BCUT2D eigenvalue weighted by Crippen LogP contribution is 2.30. The number of primary amides is 1. The number of carboxylic acid groups (broad SMARTS) is 1. The van der Waals surface area contributed by atoms with Gasteiger partial charge in [0.05, 0.1) is 12.0 Å². The van der Waals surface area contributed by atoms with Crippen molar-refractivity contribution in [2.24, 2.45) is 5.73 Å². The summed E-state index contributed by atoms with van der Waals surface area (Å²) in [7, 11) is 0. The van der Waals surface area contributed by atoms with Gasteiger partial charge in [-0.05, 0) is 26.3 Å². The number of amides is 1. The minimum absolute atomic E-state index is 0.0679. The summed E-state index contributed by atoms with van der Waals surface area (Å²) in [5, 5.41) is 13.2. The van der Waals surface area contributed by atoms with E-state index in [0.717, 1.165) is 0 Å². The number of rotatable bonds is 4. The average Bonchev–Trinajstić information content (AvgIpc) is 2.76. The fourth-order valence-corrected chi connectivity index (χ4v) is 2.34. The predicted octanol–water partition coefficient (Wildman–Crippen LogP) is 1.61. The maximum absolute atomic E-state index is 11.8. The number of hydrogen-bond donors (Lipinski definition) is 3. The Morgan fingerprint density at radius 3 is 2.22 bits per heavy atom. The van der Waals surface area contributed by atoms with Crippen LogP contribution in [0.25, 0.3) is 11.3 Å². The van der Waals surface area contributed by atoms with Gasteiger partial charge in [-0.3, -0.25) is 9.59 Å². The highest BCUT2D eigenvalue weighted by molar-refractivity contribution is 6.03. The highest BCUT2D eigenvalue weighted by Gasteiger charge is 2.26. The second-order valence-corrected chi connectivity index (χ2v) is 6.32. The van der Waals surface area contributed by atoms with Gasteiger partial charge in [-0.2, -0.15) is 5.10 Å². The van der Waals surface area contributed by atoms with Crippen molar-refractivity contribution in [2.45, 2.75) is 32.7 Å². The quantitative estimate of drug-likeness (QED) is 0.790. The summed E-state index contributed by atoms with van der Waals surface area (Å²) in [6, 6.07) is 6.78. The lowest BCUT2D eigenvalue weighted by Gasteiger charge is -2.20. The Balaban J connectivity index is 2.54. The fraction of sp³-hybridized carbons (Fsp3) is 0.312. The molecule has 1 aromatic carbocycles. The molecule has 0 aliphatic rings. The molecule has 0 aliphatic carbocycles. The normalized spacial score (nSPS) is 11.4. The van der Waals surface area contributed by atoms with Crippen molar-refractivity contribution >= 4 is 17.7 Å². The molecule has 5 N–H and O–H groups in total. The predicted molar refractivity (Wildman–Crippen MR) is 86.9 cm³/mol. The molecular weight excluding hydrogens is 296 g/mol. The molecule has 0 saturated heterocycles. The Bertz CT molecular complexity index is 755. The number of carboxylic acids is 1. The number of nitrogen functional groups attached to an aromatic ring is 1. The number of aromatic nitrogens is 2. The van der Waals surface area contributed by atoms with Crippen LogP contribution < -0.4 is 11.5 Å². The third-order valence-corrected chi connectivity index (χ3v) is 3.39. The van der Waals surface area contributed by atoms with E-state index >= 15 is 0 Å². The van der Waals surface area contributed by atoms with Crippen LogP contribution in [0, 0.1) is 0 Å². The van der Waals surface area contributed by atoms with E-state index in [9.17, 15) is 9.59 Å². The van der Waals surface area contributed by atoms with Gasteiger partial charge < -0.3 is 16.6 Å². The van der Waals surface area contributed by atoms with Crippen molar-refractivity contribution in [1.82, 2.24) is 9.78 Å². The Kier molecular flexibility index (Phi) is 4.14. The maximum Gasteiger partial charge on any atom is 0.307 e. The highest BCUT2D eigenvalue weighted by atomic mass is 16.4. The number of anilines is 1. The van der Waals surface area contributed by atoms with Crippen molar-refractivity contribution < 1.29 is 14.7 Å². The van der Waals surface area contributed by atoms with Crippen molar-refractivity contribution in [2.75, 3.05) is 5.73 Å². The molecule has 0 bridgehead atoms. The molecule has 1 aromatic heterocycles. The number of benzene rings is 1. The first-order valence-electron chi connectivity index (χ1n) is 7.11. The van der Waals surface area contributed by atoms with Crippen LogP contribution in [0.15, 0.2) is 24.3 Å². The monoisotopic (exact) mass is 316 g/mol. The molecule has 2 aromatic rings. The lowest BCUT2D eigenvalue weighted by atomic mass is 10.0. The van der Waals surface area contributed by atoms with Gasteiger partial charge in [0, 0.05) is 5.56 Å². The lowest BCUT2D eigenvalue weighted by molar-refractivity contribution is -0.136. The molecule has 7 nitrogen and oxygen atoms in total. The molecule has 23 heavy (non-hydrogen) atoms. The molecule has 1 amide bonds. The van der Waals surface area contributed by atoms with E-state index < -0.39 is 17.4 Å². The van der Waals surface area contributed by atoms with Crippen LogP contribution in [0.1, 0.15) is 36.7 Å². The fourth-order valence-electron chi connectivity index (χ4n) is 2.34. The molecule has 1 heterocycles. The van der Waals surface area contributed by atoms with Crippen LogP contribution in [0.5, 0.6) is 0 Å². The van der Waals surface area contributed by atoms with Gasteiger partial charge in [0.2, 0.25) is 0 Å². The number of hydrogen-bond acceptors (Lipinski definition) is 4. The zero-order valence-corrected chi connectivity index (χ0v) is 13.3. The van der Waals surface area contributed by atoms with E-state index in [0.29, 0.717) is 16.8 Å². The molecule has 122 valence electrons. The molecule has 0 spiro atoms. The second-order valence-electron chi connectivity index (χ2n) is 6.32. The minimum Gasteiger partial charge on any atom is -0.481 e. The summed E-state index contributed by atoms with van der Waals surface area (Å²) in [4.78, 5) is 22.5. The van der Waals surface area contributed by atoms with Gasteiger partial charge in [0.1, 0.15) is 17.1 Å². The van der Waals surface area contributed by atoms with Crippen LogP contribution in [0.2, 0.25) is 0 Å². The third kappa shape index (κ3) is 3.33. The summed E-state index contributed by atoms with van der Waals surface area (Å²) in [5.41, 5.74) is 13.0. The molecule has 0 fully saturated rings. The Morgan fingerprint density at radius 2 is 1.78 bits per heavy atom. The summed E-state index contributed by atoms with van der Waals surface area (Å²) < 4.78 is 1.56. The number of nitrogens with zero attached hydrogens (tertiary/aromatic N) is 2. The molecule has 0 aliphatic heterocycles. The van der Waals surface area contributed by atoms with Gasteiger partial charge in [0.25, 0.3) is 5.91 Å². The molecule has 2 rings (SSSR count). The zero-order chi connectivity index (χ0) is 17.4. The Morgan fingerprint density at radius 1 is 1.22 bits per heavy atom. The molecule has 0 radical (unpaired) electrons. The van der Waals surface area contributed by atoms with Crippen LogP contribution >= 0.6 is 0 Å². The van der Waals surface area contributed by atoms with Crippen molar-refractivity contribution in [3.8, 4) is 11.3 Å². The van der Waals surface area contributed by atoms with Crippen LogP contribution in [-0.2, 0) is 16.8 Å². The average molecular weight is 316 g/mol. The second kappa shape index (κ2) is 5.75. The Labute approximate surface area is 133 Å². The SMILES string of the molecule is CC(C)(C)n1nc(-c2ccc(CC(=O)O)cc2)c(C(N)=O)c1N. The van der Waals surface area contributed by atoms with Crippen molar-refractivity contribution in [3.63, 3.8) is 0 Å². The van der Waals surface area contributed by atoms with Gasteiger partial charge >= 0.3 is 5.97 Å². The van der Waals surface area contributed by atoms with E-state index in [-0.39, 0.29) is 17.8 Å². The molecular formula is C16H20N4O3. The van der Waals surface area contributed by atoms with E-state index in [4.69, 9.17) is 16.6 Å². The number of nitrogens with two attached hydrogens (primary N) is 2. The number of carbonyl (C=O) groups is 2. The van der Waals surface area contributed by atoms with E-state index in [1.807, 2.05) is 20.8 Å². The first-order valence-corrected chi connectivity index (χ1v) is 7.11. The van der Waals surface area contributed by atoms with Crippen LogP contribution in [0.3, 0.4) is 0 Å². The van der Waals surface area contributed by atoms with Gasteiger partial charge in [-0.1, -0.05) is 24.3 Å². The Hall–Kier alpha value is -2.83. The van der Waals surface area contributed by atoms with E-state index in [1.165, 1.54) is 0 Å². The zero-order valence-electron chi connectivity index (χ0n) is 13.3. The van der Waals surface area contributed by atoms with Crippen molar-refractivity contribution in [1.29, 1.82) is 0 Å². The standard InChI is InChI=1S/C16H20N4O3/c1-16(2,3)20-14(17)12(15(18)23)13(19-20)10-6-4-9(5-7-10)8-11(21)22/h4-7H,8,17H2,1-3H3,(H2,18,23)(H,21,22). The topological polar surface area (TPSA) is 124 Å². The summed E-state index contributed by atoms with van der Waals surface area (Å²) >= 11 is 0. The van der Waals surface area contributed by atoms with E-state index in [2.05, 4.69) is 5.10 Å². The molecule has 7 heteroatoms. The van der Waals surface area contributed by atoms with E-state index in [1.54, 1.807) is 28.9 Å². The van der Waals surface area contributed by atoms with Gasteiger partial charge in [-0.25, -0.2) is 4.68 Å². The number of carbonyl (C=O) groups excluding carboxylic acids is 1. The van der Waals surface area contributed by atoms with Gasteiger partial charge in [-0.15, -0.1) is 0 Å². The van der Waals surface area contributed by atoms with Crippen LogP contribution in [0.4, 0.5) is 5.82 Å². The number of aliphatic carboxylic acids is 1. The first-order chi connectivity index (χ1) is 10.6. The molecule has 0 atom stereocenters. The minimum atomic E-state index is -0.906. The van der Waals surface area contributed by atoms with Gasteiger partial charge in [0.15, 0.2) is 0 Å². The maximum atomic E-state index is 11.8. The lowest BCUT2D eigenvalue weighted by Crippen LogP contribution is -2.25. The molecule has 0 saturated carbocycles. The summed E-state index contributed by atoms with van der Waals surface area (Å²) in [5.74, 6) is -1.34.